The molecule has 112 valence electrons. The summed E-state index contributed by atoms with van der Waals surface area (Å²) in [5.74, 6) is 0.713. The second-order valence-electron chi connectivity index (χ2n) is 4.61. The van der Waals surface area contributed by atoms with Gasteiger partial charge in [-0.2, -0.15) is 5.26 Å². The van der Waals surface area contributed by atoms with Crippen LogP contribution in [0.15, 0.2) is 53.4 Å². The Hall–Kier alpha value is -2.45. The van der Waals surface area contributed by atoms with Crippen LogP contribution in [0, 0.1) is 11.3 Å². The standard InChI is InChI=1S/C17H16N2O2S/c1-12(22-16-9-7-15(21-2)8-10-16)17(20)19-14-5-3-13(11-18)4-6-14/h3-10,12H,1-2H3,(H,19,20)/t12-/m0/s1. The molecule has 22 heavy (non-hydrogen) atoms. The van der Waals surface area contributed by atoms with E-state index < -0.39 is 0 Å². The molecule has 2 aromatic carbocycles. The van der Waals surface area contributed by atoms with E-state index in [1.54, 1.807) is 31.4 Å². The Morgan fingerprint density at radius 1 is 1.18 bits per heavy atom. The first-order valence-electron chi connectivity index (χ1n) is 6.74. The fraction of sp³-hybridized carbons (Fsp3) is 0.176. The van der Waals surface area contributed by atoms with E-state index in [1.807, 2.05) is 37.3 Å². The summed E-state index contributed by atoms with van der Waals surface area (Å²) >= 11 is 1.48. The molecule has 4 nitrogen and oxygen atoms in total. The molecule has 2 aromatic rings. The Morgan fingerprint density at radius 3 is 2.36 bits per heavy atom. The monoisotopic (exact) mass is 312 g/mol. The number of amides is 1. The number of thioether (sulfide) groups is 1. The summed E-state index contributed by atoms with van der Waals surface area (Å²) in [6, 6.07) is 16.4. The van der Waals surface area contributed by atoms with Crippen molar-refractivity contribution < 1.29 is 9.53 Å². The largest absolute Gasteiger partial charge is 0.497 e. The maximum absolute atomic E-state index is 12.2. The van der Waals surface area contributed by atoms with E-state index >= 15 is 0 Å². The van der Waals surface area contributed by atoms with E-state index in [0.717, 1.165) is 10.6 Å². The molecular formula is C17H16N2O2S. The molecule has 5 heteroatoms. The minimum absolute atomic E-state index is 0.0782. The van der Waals surface area contributed by atoms with Gasteiger partial charge >= 0.3 is 0 Å². The molecule has 0 heterocycles. The number of methoxy groups -OCH3 is 1. The molecule has 0 saturated carbocycles. The van der Waals surface area contributed by atoms with Crippen LogP contribution in [0.1, 0.15) is 12.5 Å². The van der Waals surface area contributed by atoms with Crippen LogP contribution in [0.3, 0.4) is 0 Å². The van der Waals surface area contributed by atoms with E-state index in [0.29, 0.717) is 11.3 Å². The summed E-state index contributed by atoms with van der Waals surface area (Å²) in [4.78, 5) is 13.2. The number of hydrogen-bond donors (Lipinski definition) is 1. The third kappa shape index (κ3) is 4.27. The lowest BCUT2D eigenvalue weighted by Crippen LogP contribution is -2.22. The summed E-state index contributed by atoms with van der Waals surface area (Å²) < 4.78 is 5.11. The first-order valence-corrected chi connectivity index (χ1v) is 7.62. The number of rotatable bonds is 5. The van der Waals surface area contributed by atoms with Crippen LogP contribution < -0.4 is 10.1 Å². The summed E-state index contributed by atoms with van der Waals surface area (Å²) in [5, 5.41) is 11.4. The molecule has 0 bridgehead atoms. The van der Waals surface area contributed by atoms with Gasteiger partial charge in [-0.15, -0.1) is 11.8 Å². The lowest BCUT2D eigenvalue weighted by Gasteiger charge is -2.12. The molecule has 0 radical (unpaired) electrons. The molecule has 0 aliphatic heterocycles. The third-order valence-corrected chi connectivity index (χ3v) is 4.14. The van der Waals surface area contributed by atoms with Crippen molar-refractivity contribution in [1.82, 2.24) is 0 Å². The number of benzene rings is 2. The topological polar surface area (TPSA) is 62.1 Å². The maximum Gasteiger partial charge on any atom is 0.237 e. The van der Waals surface area contributed by atoms with E-state index in [9.17, 15) is 4.79 Å². The van der Waals surface area contributed by atoms with Gasteiger partial charge in [0.1, 0.15) is 5.75 Å². The summed E-state index contributed by atoms with van der Waals surface area (Å²) in [7, 11) is 1.62. The Labute approximate surface area is 134 Å². The SMILES string of the molecule is COc1ccc(S[C@@H](C)C(=O)Nc2ccc(C#N)cc2)cc1. The number of anilines is 1. The smallest absolute Gasteiger partial charge is 0.237 e. The summed E-state index contributed by atoms with van der Waals surface area (Å²) in [6.07, 6.45) is 0. The molecule has 0 spiro atoms. The molecule has 0 saturated heterocycles. The molecule has 1 N–H and O–H groups in total. The van der Waals surface area contributed by atoms with Gasteiger partial charge in [-0.05, 0) is 55.5 Å². The molecule has 0 aliphatic carbocycles. The number of ether oxygens (including phenoxy) is 1. The average molecular weight is 312 g/mol. The van der Waals surface area contributed by atoms with Gasteiger partial charge in [-0.1, -0.05) is 0 Å². The number of hydrogen-bond acceptors (Lipinski definition) is 4. The Kier molecular flexibility index (Phi) is 5.45. The minimum atomic E-state index is -0.232. The normalized spacial score (nSPS) is 11.3. The Bertz CT molecular complexity index is 675. The van der Waals surface area contributed by atoms with Crippen LogP contribution in [-0.4, -0.2) is 18.3 Å². The molecule has 0 fully saturated rings. The van der Waals surface area contributed by atoms with Crippen LogP contribution in [-0.2, 0) is 4.79 Å². The van der Waals surface area contributed by atoms with Crippen LogP contribution in [0.5, 0.6) is 5.75 Å². The summed E-state index contributed by atoms with van der Waals surface area (Å²) in [6.45, 7) is 1.86. The average Bonchev–Trinajstić information content (AvgIpc) is 2.56. The van der Waals surface area contributed by atoms with Crippen LogP contribution in [0.25, 0.3) is 0 Å². The molecular weight excluding hydrogens is 296 g/mol. The quantitative estimate of drug-likeness (QED) is 0.855. The van der Waals surface area contributed by atoms with E-state index in [4.69, 9.17) is 10.00 Å². The van der Waals surface area contributed by atoms with Gasteiger partial charge in [-0.3, -0.25) is 4.79 Å². The van der Waals surface area contributed by atoms with Crippen molar-refractivity contribution in [2.75, 3.05) is 12.4 Å². The number of nitrogens with one attached hydrogen (secondary N) is 1. The minimum Gasteiger partial charge on any atom is -0.497 e. The Balaban J connectivity index is 1.94. The van der Waals surface area contributed by atoms with Gasteiger partial charge in [0.25, 0.3) is 0 Å². The predicted octanol–water partition coefficient (Wildman–Crippen LogP) is 3.69. The van der Waals surface area contributed by atoms with Crippen LogP contribution >= 0.6 is 11.8 Å². The highest BCUT2D eigenvalue weighted by atomic mass is 32.2. The van der Waals surface area contributed by atoms with Crippen molar-refractivity contribution >= 4 is 23.4 Å². The number of carbonyl (C=O) groups is 1. The molecule has 2 rings (SSSR count). The van der Waals surface area contributed by atoms with Gasteiger partial charge in [0.2, 0.25) is 5.91 Å². The molecule has 0 aliphatic rings. The Morgan fingerprint density at radius 2 is 1.82 bits per heavy atom. The van der Waals surface area contributed by atoms with Crippen LogP contribution in [0.4, 0.5) is 5.69 Å². The highest BCUT2D eigenvalue weighted by Crippen LogP contribution is 2.26. The van der Waals surface area contributed by atoms with E-state index in [-0.39, 0.29) is 11.2 Å². The molecule has 0 unspecified atom stereocenters. The van der Waals surface area contributed by atoms with Gasteiger partial charge in [-0.25, -0.2) is 0 Å². The van der Waals surface area contributed by atoms with Gasteiger partial charge in [0, 0.05) is 10.6 Å². The number of nitrogens with zero attached hydrogens (tertiary/aromatic N) is 1. The molecule has 0 aromatic heterocycles. The van der Waals surface area contributed by atoms with E-state index in [1.165, 1.54) is 11.8 Å². The van der Waals surface area contributed by atoms with Gasteiger partial charge in [0.05, 0.1) is 24.0 Å². The number of nitriles is 1. The first-order chi connectivity index (χ1) is 10.6. The second kappa shape index (κ2) is 7.53. The fourth-order valence-electron chi connectivity index (χ4n) is 1.78. The zero-order chi connectivity index (χ0) is 15.9. The van der Waals surface area contributed by atoms with Gasteiger partial charge in [0.15, 0.2) is 0 Å². The van der Waals surface area contributed by atoms with Crippen molar-refractivity contribution in [1.29, 1.82) is 5.26 Å². The summed E-state index contributed by atoms with van der Waals surface area (Å²) in [5.41, 5.74) is 1.25. The highest BCUT2D eigenvalue weighted by molar-refractivity contribution is 8.00. The second-order valence-corrected chi connectivity index (χ2v) is 6.03. The van der Waals surface area contributed by atoms with Crippen molar-refractivity contribution in [3.8, 4) is 11.8 Å². The lowest BCUT2D eigenvalue weighted by molar-refractivity contribution is -0.115. The lowest BCUT2D eigenvalue weighted by atomic mass is 10.2. The first kappa shape index (κ1) is 15.9. The fourth-order valence-corrected chi connectivity index (χ4v) is 2.65. The van der Waals surface area contributed by atoms with Crippen LogP contribution in [0.2, 0.25) is 0 Å². The van der Waals surface area contributed by atoms with Crippen molar-refractivity contribution in [2.45, 2.75) is 17.1 Å². The zero-order valence-electron chi connectivity index (χ0n) is 12.4. The van der Waals surface area contributed by atoms with Crippen molar-refractivity contribution in [2.24, 2.45) is 0 Å². The van der Waals surface area contributed by atoms with E-state index in [2.05, 4.69) is 5.32 Å². The molecule has 1 atom stereocenters. The van der Waals surface area contributed by atoms with Crippen molar-refractivity contribution in [3.63, 3.8) is 0 Å². The highest BCUT2D eigenvalue weighted by Gasteiger charge is 2.14. The zero-order valence-corrected chi connectivity index (χ0v) is 13.2. The van der Waals surface area contributed by atoms with Crippen molar-refractivity contribution in [3.05, 3.63) is 54.1 Å². The third-order valence-electron chi connectivity index (χ3n) is 3.02. The predicted molar refractivity (Wildman–Crippen MR) is 88.1 cm³/mol. The van der Waals surface area contributed by atoms with Gasteiger partial charge < -0.3 is 10.1 Å². The molecule has 1 amide bonds. The number of carbonyl (C=O) groups excluding carboxylic acids is 1. The maximum atomic E-state index is 12.2.